The van der Waals surface area contributed by atoms with E-state index in [4.69, 9.17) is 0 Å². The minimum absolute atomic E-state index is 0.0745. The van der Waals surface area contributed by atoms with E-state index in [0.717, 1.165) is 25.3 Å². The highest BCUT2D eigenvalue weighted by atomic mass is 16.2. The molecule has 1 saturated carbocycles. The molecule has 1 aliphatic heterocycles. The third kappa shape index (κ3) is 3.41. The highest BCUT2D eigenvalue weighted by Gasteiger charge is 2.27. The Labute approximate surface area is 155 Å². The lowest BCUT2D eigenvalue weighted by atomic mass is 9.97. The van der Waals surface area contributed by atoms with E-state index in [0.29, 0.717) is 12.1 Å². The predicted octanol–water partition coefficient (Wildman–Crippen LogP) is 3.51. The summed E-state index contributed by atoms with van der Waals surface area (Å²) in [4.78, 5) is 14.8. The van der Waals surface area contributed by atoms with Gasteiger partial charge in [0.2, 0.25) is 0 Å². The standard InChI is InChI=1S/C20H29N5O/c1-14(2)25-12-16(11-21-25)20(26)24-10-9-19-17(13-24)18(22-23-19)8-7-15-5-3-4-6-15/h11-12,14-15H,3-10,13H2,1-2H3,(H,22,23). The monoisotopic (exact) mass is 355 g/mol. The molecule has 4 rings (SSSR count). The maximum absolute atomic E-state index is 12.9. The average molecular weight is 355 g/mol. The van der Waals surface area contributed by atoms with Crippen molar-refractivity contribution in [2.24, 2.45) is 5.92 Å². The SMILES string of the molecule is CC(C)n1cc(C(=O)N2CCc3[nH]nc(CCC4CCCC4)c3C2)cn1. The minimum Gasteiger partial charge on any atom is -0.334 e. The van der Waals surface area contributed by atoms with Crippen LogP contribution in [-0.4, -0.2) is 37.3 Å². The smallest absolute Gasteiger partial charge is 0.257 e. The number of carbonyl (C=O) groups is 1. The van der Waals surface area contributed by atoms with Gasteiger partial charge in [0, 0.05) is 43.0 Å². The van der Waals surface area contributed by atoms with Crippen LogP contribution in [0.1, 0.15) is 79.3 Å². The molecule has 0 spiro atoms. The molecule has 0 unspecified atom stereocenters. The number of aromatic nitrogens is 4. The van der Waals surface area contributed by atoms with Crippen molar-refractivity contribution in [1.82, 2.24) is 24.9 Å². The van der Waals surface area contributed by atoms with Gasteiger partial charge in [0.15, 0.2) is 0 Å². The summed E-state index contributed by atoms with van der Waals surface area (Å²) in [5.41, 5.74) is 4.31. The van der Waals surface area contributed by atoms with Crippen molar-refractivity contribution in [2.75, 3.05) is 6.54 Å². The molecule has 1 aliphatic carbocycles. The van der Waals surface area contributed by atoms with E-state index in [1.54, 1.807) is 6.20 Å². The largest absolute Gasteiger partial charge is 0.334 e. The van der Waals surface area contributed by atoms with E-state index in [1.807, 2.05) is 15.8 Å². The summed E-state index contributed by atoms with van der Waals surface area (Å²) in [5, 5.41) is 12.1. The number of aromatic amines is 1. The Morgan fingerprint density at radius 1 is 1.35 bits per heavy atom. The average Bonchev–Trinajstić information content (AvgIpc) is 3.38. The third-order valence-electron chi connectivity index (χ3n) is 5.95. The van der Waals surface area contributed by atoms with Gasteiger partial charge in [0.25, 0.3) is 5.91 Å². The lowest BCUT2D eigenvalue weighted by Crippen LogP contribution is -2.36. The molecule has 1 fully saturated rings. The third-order valence-corrected chi connectivity index (χ3v) is 5.95. The zero-order valence-corrected chi connectivity index (χ0v) is 15.9. The summed E-state index contributed by atoms with van der Waals surface area (Å²) < 4.78 is 1.84. The number of H-pyrrole nitrogens is 1. The van der Waals surface area contributed by atoms with Crippen LogP contribution in [0.3, 0.4) is 0 Å². The Balaban J connectivity index is 1.44. The lowest BCUT2D eigenvalue weighted by molar-refractivity contribution is 0.0733. The van der Waals surface area contributed by atoms with Crippen LogP contribution in [0.5, 0.6) is 0 Å². The van der Waals surface area contributed by atoms with E-state index in [2.05, 4.69) is 29.1 Å². The van der Waals surface area contributed by atoms with Gasteiger partial charge in [-0.15, -0.1) is 0 Å². The van der Waals surface area contributed by atoms with Crippen molar-refractivity contribution >= 4 is 5.91 Å². The number of rotatable bonds is 5. The summed E-state index contributed by atoms with van der Waals surface area (Å²) in [6.45, 7) is 5.54. The summed E-state index contributed by atoms with van der Waals surface area (Å²) in [7, 11) is 0. The molecular weight excluding hydrogens is 326 g/mol. The first-order valence-electron chi connectivity index (χ1n) is 10.00. The molecule has 2 aromatic heterocycles. The van der Waals surface area contributed by atoms with E-state index in [1.165, 1.54) is 49.1 Å². The molecule has 140 valence electrons. The molecule has 26 heavy (non-hydrogen) atoms. The summed E-state index contributed by atoms with van der Waals surface area (Å²) >= 11 is 0. The van der Waals surface area contributed by atoms with E-state index in [9.17, 15) is 4.79 Å². The molecule has 6 heteroatoms. The lowest BCUT2D eigenvalue weighted by Gasteiger charge is -2.27. The fourth-order valence-electron chi connectivity index (χ4n) is 4.29. The first-order valence-corrected chi connectivity index (χ1v) is 10.00. The van der Waals surface area contributed by atoms with Crippen molar-refractivity contribution in [3.05, 3.63) is 34.9 Å². The Hall–Kier alpha value is -2.11. The van der Waals surface area contributed by atoms with Gasteiger partial charge in [-0.05, 0) is 32.6 Å². The van der Waals surface area contributed by atoms with Gasteiger partial charge in [0.1, 0.15) is 0 Å². The highest BCUT2D eigenvalue weighted by molar-refractivity contribution is 5.93. The zero-order chi connectivity index (χ0) is 18.1. The van der Waals surface area contributed by atoms with Crippen molar-refractivity contribution < 1.29 is 4.79 Å². The van der Waals surface area contributed by atoms with Crippen molar-refractivity contribution in [3.8, 4) is 0 Å². The van der Waals surface area contributed by atoms with Crippen LogP contribution in [-0.2, 0) is 19.4 Å². The fourth-order valence-corrected chi connectivity index (χ4v) is 4.29. The van der Waals surface area contributed by atoms with Crippen LogP contribution in [0.15, 0.2) is 12.4 Å². The van der Waals surface area contributed by atoms with Gasteiger partial charge in [-0.2, -0.15) is 10.2 Å². The van der Waals surface area contributed by atoms with Gasteiger partial charge in [-0.3, -0.25) is 14.6 Å². The second-order valence-electron chi connectivity index (χ2n) is 8.10. The first kappa shape index (κ1) is 17.3. The Morgan fingerprint density at radius 2 is 2.15 bits per heavy atom. The van der Waals surface area contributed by atoms with Crippen molar-refractivity contribution in [2.45, 2.75) is 71.4 Å². The molecule has 0 radical (unpaired) electrons. The number of fused-ring (bicyclic) bond motifs is 1. The molecule has 2 aromatic rings. The molecule has 1 amide bonds. The van der Waals surface area contributed by atoms with Crippen LogP contribution >= 0.6 is 0 Å². The van der Waals surface area contributed by atoms with Crippen LogP contribution < -0.4 is 0 Å². The number of amides is 1. The van der Waals surface area contributed by atoms with Gasteiger partial charge < -0.3 is 4.90 Å². The molecule has 0 saturated heterocycles. The topological polar surface area (TPSA) is 66.8 Å². The van der Waals surface area contributed by atoms with Gasteiger partial charge in [-0.25, -0.2) is 0 Å². The minimum atomic E-state index is 0.0745. The number of aryl methyl sites for hydroxylation is 1. The molecule has 0 atom stereocenters. The van der Waals surface area contributed by atoms with Crippen LogP contribution in [0, 0.1) is 5.92 Å². The van der Waals surface area contributed by atoms with Gasteiger partial charge in [-0.1, -0.05) is 25.7 Å². The molecule has 3 heterocycles. The number of nitrogens with one attached hydrogen (secondary N) is 1. The number of hydrogen-bond acceptors (Lipinski definition) is 3. The molecule has 1 N–H and O–H groups in total. The van der Waals surface area contributed by atoms with E-state index in [-0.39, 0.29) is 11.9 Å². The summed E-state index contributed by atoms with van der Waals surface area (Å²) in [6, 6.07) is 0.264. The molecule has 6 nitrogen and oxygen atoms in total. The van der Waals surface area contributed by atoms with Crippen molar-refractivity contribution in [1.29, 1.82) is 0 Å². The van der Waals surface area contributed by atoms with E-state index >= 15 is 0 Å². The number of hydrogen-bond donors (Lipinski definition) is 1. The van der Waals surface area contributed by atoms with Gasteiger partial charge in [0.05, 0.1) is 17.5 Å². The Bertz CT molecular complexity index is 769. The van der Waals surface area contributed by atoms with Gasteiger partial charge >= 0.3 is 0 Å². The molecule has 0 bridgehead atoms. The molecule has 2 aliphatic rings. The molecular formula is C20H29N5O. The first-order chi connectivity index (χ1) is 12.6. The highest BCUT2D eigenvalue weighted by Crippen LogP contribution is 2.30. The summed E-state index contributed by atoms with van der Waals surface area (Å²) in [5.74, 6) is 0.941. The summed E-state index contributed by atoms with van der Waals surface area (Å²) in [6.07, 6.45) is 12.2. The van der Waals surface area contributed by atoms with Crippen LogP contribution in [0.25, 0.3) is 0 Å². The quantitative estimate of drug-likeness (QED) is 0.892. The number of carbonyl (C=O) groups excluding carboxylic acids is 1. The van der Waals surface area contributed by atoms with Crippen molar-refractivity contribution in [3.63, 3.8) is 0 Å². The maximum atomic E-state index is 12.9. The molecule has 0 aromatic carbocycles. The maximum Gasteiger partial charge on any atom is 0.257 e. The zero-order valence-electron chi connectivity index (χ0n) is 15.9. The van der Waals surface area contributed by atoms with Crippen LogP contribution in [0.2, 0.25) is 0 Å². The fraction of sp³-hybridized carbons (Fsp3) is 0.650. The Kier molecular flexibility index (Phi) is 4.83. The predicted molar refractivity (Wildman–Crippen MR) is 99.9 cm³/mol. The Morgan fingerprint density at radius 3 is 2.88 bits per heavy atom. The van der Waals surface area contributed by atoms with Crippen LogP contribution in [0.4, 0.5) is 0 Å². The normalized spacial score (nSPS) is 17.9. The second kappa shape index (κ2) is 7.25. The number of nitrogens with zero attached hydrogens (tertiary/aromatic N) is 4. The van der Waals surface area contributed by atoms with E-state index < -0.39 is 0 Å². The second-order valence-corrected chi connectivity index (χ2v) is 8.10.